The zero-order valence-corrected chi connectivity index (χ0v) is 35.7. The van der Waals surface area contributed by atoms with E-state index in [-0.39, 0.29) is 25.2 Å². The smallest absolute Gasteiger partial charge is 0.306 e. The summed E-state index contributed by atoms with van der Waals surface area (Å²) in [6, 6.07) is 0. The Morgan fingerprint density at radius 3 is 1.41 bits per heavy atom. The Labute approximate surface area is 334 Å². The molecule has 54 heavy (non-hydrogen) atoms. The molecule has 1 atom stereocenters. The van der Waals surface area contributed by atoms with Gasteiger partial charge in [0.05, 0.1) is 6.61 Å². The van der Waals surface area contributed by atoms with Crippen LogP contribution in [0.15, 0.2) is 60.8 Å². The van der Waals surface area contributed by atoms with Crippen LogP contribution >= 0.6 is 0 Å². The van der Waals surface area contributed by atoms with Gasteiger partial charge in [-0.05, 0) is 70.6 Å². The number of unbranched alkanes of at least 4 members (excludes halogenated alkanes) is 20. The molecule has 0 aliphatic heterocycles. The number of hydrogen-bond donors (Lipinski definition) is 0. The highest BCUT2D eigenvalue weighted by Crippen LogP contribution is 2.13. The van der Waals surface area contributed by atoms with E-state index < -0.39 is 6.10 Å². The first-order valence-electron chi connectivity index (χ1n) is 22.8. The van der Waals surface area contributed by atoms with Crippen LogP contribution in [0.25, 0.3) is 0 Å². The summed E-state index contributed by atoms with van der Waals surface area (Å²) in [5.74, 6) is -0.504. The number of rotatable bonds is 41. The molecule has 312 valence electrons. The standard InChI is InChI=1S/C49H86O5/c1-4-7-10-13-15-17-19-21-22-23-24-25-26-27-29-31-33-35-38-41-44-52-45-47(54-49(51)43-40-36-12-9-6-3)46-53-48(50)42-39-37-34-32-30-28-20-18-16-14-11-8-5-2/h8,11,16,18,21-22,28,30,34,37,47H,4-7,9-10,12-15,17,19-20,23-27,29,31-33,35-36,38-46H2,1-3H3/b11-8-,18-16-,22-21-,30-28-,37-34-. The average molecular weight is 755 g/mol. The van der Waals surface area contributed by atoms with E-state index in [0.29, 0.717) is 25.9 Å². The number of carbonyl (C=O) groups excluding carboxylic acids is 2. The average Bonchev–Trinajstić information content (AvgIpc) is 3.17. The van der Waals surface area contributed by atoms with Crippen LogP contribution in [-0.4, -0.2) is 37.9 Å². The lowest BCUT2D eigenvalue weighted by molar-refractivity contribution is -0.162. The first kappa shape index (κ1) is 51.6. The SMILES string of the molecule is CC/C=C\C/C=C\C/C=C\C/C=C\CCC(=O)OCC(COCCCCCCCCCCCC/C=C\CCCCCCCC)OC(=O)CCCCCCC. The maximum Gasteiger partial charge on any atom is 0.306 e. The van der Waals surface area contributed by atoms with Crippen LogP contribution in [0.4, 0.5) is 0 Å². The van der Waals surface area contributed by atoms with E-state index in [0.717, 1.165) is 57.8 Å². The molecule has 0 saturated heterocycles. The highest BCUT2D eigenvalue weighted by Gasteiger charge is 2.17. The fraction of sp³-hybridized carbons (Fsp3) is 0.755. The van der Waals surface area contributed by atoms with Crippen LogP contribution in [0.5, 0.6) is 0 Å². The Hall–Kier alpha value is -2.40. The molecule has 5 heteroatoms. The fourth-order valence-electron chi connectivity index (χ4n) is 6.16. The van der Waals surface area contributed by atoms with Crippen molar-refractivity contribution in [1.29, 1.82) is 0 Å². The van der Waals surface area contributed by atoms with Gasteiger partial charge in [-0.25, -0.2) is 0 Å². The molecule has 0 aliphatic rings. The van der Waals surface area contributed by atoms with Crippen LogP contribution in [0.3, 0.4) is 0 Å². The molecule has 0 aromatic heterocycles. The normalized spacial score (nSPS) is 12.7. The minimum atomic E-state index is -0.560. The first-order valence-corrected chi connectivity index (χ1v) is 22.8. The van der Waals surface area contributed by atoms with Crippen molar-refractivity contribution in [3.05, 3.63) is 60.8 Å². The van der Waals surface area contributed by atoms with Crippen molar-refractivity contribution < 1.29 is 23.8 Å². The molecule has 5 nitrogen and oxygen atoms in total. The Bertz CT molecular complexity index is 946. The molecule has 0 rings (SSSR count). The van der Waals surface area contributed by atoms with Gasteiger partial charge in [-0.3, -0.25) is 9.59 Å². The van der Waals surface area contributed by atoms with E-state index in [2.05, 4.69) is 75.5 Å². The third-order valence-electron chi connectivity index (χ3n) is 9.55. The molecule has 0 fully saturated rings. The summed E-state index contributed by atoms with van der Waals surface area (Å²) in [4.78, 5) is 24.9. The molecule has 0 aliphatic carbocycles. The molecule has 0 radical (unpaired) electrons. The Kier molecular flexibility index (Phi) is 43.0. The maximum absolute atomic E-state index is 12.5. The number of allylic oxidation sites excluding steroid dienone is 10. The van der Waals surface area contributed by atoms with E-state index in [1.165, 1.54) is 116 Å². The minimum Gasteiger partial charge on any atom is -0.462 e. The number of ether oxygens (including phenoxy) is 3. The third-order valence-corrected chi connectivity index (χ3v) is 9.55. The van der Waals surface area contributed by atoms with E-state index in [1.54, 1.807) is 0 Å². The summed E-state index contributed by atoms with van der Waals surface area (Å²) in [5, 5.41) is 0. The van der Waals surface area contributed by atoms with Crippen LogP contribution in [-0.2, 0) is 23.8 Å². The molecule has 0 saturated carbocycles. The van der Waals surface area contributed by atoms with Crippen molar-refractivity contribution in [3.63, 3.8) is 0 Å². The summed E-state index contributed by atoms with van der Waals surface area (Å²) in [6.45, 7) is 7.56. The van der Waals surface area contributed by atoms with Gasteiger partial charge >= 0.3 is 11.9 Å². The summed E-state index contributed by atoms with van der Waals surface area (Å²) < 4.78 is 17.1. The lowest BCUT2D eigenvalue weighted by Gasteiger charge is -2.18. The Morgan fingerprint density at radius 1 is 0.426 bits per heavy atom. The topological polar surface area (TPSA) is 61.8 Å². The maximum atomic E-state index is 12.5. The molecule has 0 aromatic carbocycles. The van der Waals surface area contributed by atoms with Crippen LogP contribution in [0.2, 0.25) is 0 Å². The van der Waals surface area contributed by atoms with Gasteiger partial charge in [0.2, 0.25) is 0 Å². The molecular weight excluding hydrogens is 669 g/mol. The number of esters is 2. The molecular formula is C49H86O5. The zero-order chi connectivity index (χ0) is 39.3. The number of hydrogen-bond acceptors (Lipinski definition) is 5. The Morgan fingerprint density at radius 2 is 0.870 bits per heavy atom. The van der Waals surface area contributed by atoms with Crippen molar-refractivity contribution in [1.82, 2.24) is 0 Å². The lowest BCUT2D eigenvalue weighted by atomic mass is 10.1. The predicted molar refractivity (Wildman–Crippen MR) is 233 cm³/mol. The summed E-state index contributed by atoms with van der Waals surface area (Å²) in [5.41, 5.74) is 0. The molecule has 0 N–H and O–H groups in total. The van der Waals surface area contributed by atoms with Gasteiger partial charge in [0.1, 0.15) is 6.61 Å². The molecule has 0 amide bonds. The monoisotopic (exact) mass is 755 g/mol. The van der Waals surface area contributed by atoms with Crippen molar-refractivity contribution in [2.75, 3.05) is 19.8 Å². The second-order valence-electron chi connectivity index (χ2n) is 14.9. The van der Waals surface area contributed by atoms with Crippen LogP contribution in [0, 0.1) is 0 Å². The van der Waals surface area contributed by atoms with E-state index in [1.807, 2.05) is 6.08 Å². The van der Waals surface area contributed by atoms with Crippen LogP contribution in [0.1, 0.15) is 213 Å². The van der Waals surface area contributed by atoms with Gasteiger partial charge < -0.3 is 14.2 Å². The van der Waals surface area contributed by atoms with Gasteiger partial charge in [0, 0.05) is 19.4 Å². The van der Waals surface area contributed by atoms with E-state index in [9.17, 15) is 9.59 Å². The van der Waals surface area contributed by atoms with E-state index >= 15 is 0 Å². The van der Waals surface area contributed by atoms with Crippen molar-refractivity contribution >= 4 is 11.9 Å². The highest BCUT2D eigenvalue weighted by molar-refractivity contribution is 5.70. The molecule has 1 unspecified atom stereocenters. The van der Waals surface area contributed by atoms with Gasteiger partial charge in [-0.2, -0.15) is 0 Å². The third kappa shape index (κ3) is 42.3. The largest absolute Gasteiger partial charge is 0.462 e. The number of carbonyl (C=O) groups is 2. The Balaban J connectivity index is 4.08. The summed E-state index contributed by atoms with van der Waals surface area (Å²) >= 11 is 0. The summed E-state index contributed by atoms with van der Waals surface area (Å²) in [7, 11) is 0. The molecule has 0 spiro atoms. The second-order valence-corrected chi connectivity index (χ2v) is 14.9. The predicted octanol–water partition coefficient (Wildman–Crippen LogP) is 15.0. The van der Waals surface area contributed by atoms with Gasteiger partial charge in [-0.15, -0.1) is 0 Å². The minimum absolute atomic E-state index is 0.0462. The van der Waals surface area contributed by atoms with E-state index in [4.69, 9.17) is 14.2 Å². The zero-order valence-electron chi connectivity index (χ0n) is 35.7. The highest BCUT2D eigenvalue weighted by atomic mass is 16.6. The van der Waals surface area contributed by atoms with Crippen LogP contribution < -0.4 is 0 Å². The van der Waals surface area contributed by atoms with Gasteiger partial charge in [0.15, 0.2) is 6.10 Å². The molecule has 0 bridgehead atoms. The molecule has 0 heterocycles. The van der Waals surface area contributed by atoms with Gasteiger partial charge in [-0.1, -0.05) is 191 Å². The van der Waals surface area contributed by atoms with Crippen molar-refractivity contribution in [3.8, 4) is 0 Å². The fourth-order valence-corrected chi connectivity index (χ4v) is 6.16. The first-order chi connectivity index (χ1) is 26.6. The lowest BCUT2D eigenvalue weighted by Crippen LogP contribution is -2.30. The molecule has 0 aromatic rings. The van der Waals surface area contributed by atoms with Gasteiger partial charge in [0.25, 0.3) is 0 Å². The second kappa shape index (κ2) is 45.0. The quantitative estimate of drug-likeness (QED) is 0.0353. The van der Waals surface area contributed by atoms with Crippen molar-refractivity contribution in [2.24, 2.45) is 0 Å². The van der Waals surface area contributed by atoms with Crippen molar-refractivity contribution in [2.45, 2.75) is 219 Å². The summed E-state index contributed by atoms with van der Waals surface area (Å²) in [6.07, 6.45) is 55.6.